The fourth-order valence-corrected chi connectivity index (χ4v) is 2.33. The molecule has 0 aromatic heterocycles. The molecule has 0 fully saturated rings. The van der Waals surface area contributed by atoms with E-state index in [1.54, 1.807) is 13.2 Å². The number of methoxy groups -OCH3 is 1. The highest BCUT2D eigenvalue weighted by molar-refractivity contribution is 14.1. The van der Waals surface area contributed by atoms with Crippen molar-refractivity contribution < 1.29 is 4.74 Å². The first-order valence-electron chi connectivity index (χ1n) is 5.32. The molecule has 0 aliphatic carbocycles. The minimum absolute atomic E-state index is 0.0125. The van der Waals surface area contributed by atoms with Crippen LogP contribution in [-0.4, -0.2) is 25.7 Å². The molecule has 0 heterocycles. The molecule has 0 bridgehead atoms. The first-order valence-corrected chi connectivity index (χ1v) is 6.78. The summed E-state index contributed by atoms with van der Waals surface area (Å²) in [5, 5.41) is 3.80. The Morgan fingerprint density at radius 1 is 1.61 bits per heavy atom. The van der Waals surface area contributed by atoms with Gasteiger partial charge in [0.15, 0.2) is 0 Å². The SMILES string of the molecule is COCC(C)N=C(NN)Nc1ccc(Cl)cc1I. The number of ether oxygens (including phenoxy) is 1. The van der Waals surface area contributed by atoms with Crippen molar-refractivity contribution in [3.05, 3.63) is 26.8 Å². The number of rotatable bonds is 4. The Bertz CT molecular complexity index is 428. The molecule has 1 rings (SSSR count). The van der Waals surface area contributed by atoms with E-state index in [0.29, 0.717) is 17.6 Å². The smallest absolute Gasteiger partial charge is 0.210 e. The van der Waals surface area contributed by atoms with Crippen molar-refractivity contribution in [2.24, 2.45) is 10.8 Å². The largest absolute Gasteiger partial charge is 0.382 e. The van der Waals surface area contributed by atoms with E-state index in [1.165, 1.54) is 0 Å². The Labute approximate surface area is 125 Å². The van der Waals surface area contributed by atoms with Gasteiger partial charge in [-0.2, -0.15) is 0 Å². The van der Waals surface area contributed by atoms with Gasteiger partial charge in [-0.25, -0.2) is 10.8 Å². The molecule has 4 N–H and O–H groups in total. The second-order valence-electron chi connectivity index (χ2n) is 3.68. The topological polar surface area (TPSA) is 71.7 Å². The zero-order valence-electron chi connectivity index (χ0n) is 10.2. The van der Waals surface area contributed by atoms with E-state index in [2.05, 4.69) is 38.3 Å². The van der Waals surface area contributed by atoms with Gasteiger partial charge < -0.3 is 10.1 Å². The van der Waals surface area contributed by atoms with Crippen LogP contribution in [0.3, 0.4) is 0 Å². The van der Waals surface area contributed by atoms with E-state index in [0.717, 1.165) is 9.26 Å². The summed E-state index contributed by atoms with van der Waals surface area (Å²) in [7, 11) is 1.64. The lowest BCUT2D eigenvalue weighted by atomic mass is 10.3. The van der Waals surface area contributed by atoms with Gasteiger partial charge in [0.05, 0.1) is 18.3 Å². The van der Waals surface area contributed by atoms with Crippen molar-refractivity contribution in [3.63, 3.8) is 0 Å². The molecular weight excluding hydrogens is 367 g/mol. The predicted octanol–water partition coefficient (Wildman–Crippen LogP) is 2.21. The minimum atomic E-state index is 0.0125. The van der Waals surface area contributed by atoms with Crippen LogP contribution in [0.25, 0.3) is 0 Å². The molecule has 0 amide bonds. The summed E-state index contributed by atoms with van der Waals surface area (Å²) >= 11 is 8.08. The quantitative estimate of drug-likeness (QED) is 0.245. The van der Waals surface area contributed by atoms with Crippen molar-refractivity contribution in [3.8, 4) is 0 Å². The van der Waals surface area contributed by atoms with Gasteiger partial charge in [0.25, 0.3) is 0 Å². The number of nitrogens with one attached hydrogen (secondary N) is 2. The number of hydrogen-bond donors (Lipinski definition) is 3. The average Bonchev–Trinajstić information content (AvgIpc) is 2.31. The first kappa shape index (κ1) is 15.5. The molecule has 5 nitrogen and oxygen atoms in total. The summed E-state index contributed by atoms with van der Waals surface area (Å²) in [6, 6.07) is 5.55. The van der Waals surface area contributed by atoms with E-state index >= 15 is 0 Å². The molecule has 0 radical (unpaired) electrons. The van der Waals surface area contributed by atoms with Crippen molar-refractivity contribution in [1.29, 1.82) is 0 Å². The second kappa shape index (κ2) is 7.78. The molecular formula is C11H16ClIN4O. The van der Waals surface area contributed by atoms with E-state index in [9.17, 15) is 0 Å². The van der Waals surface area contributed by atoms with Crippen molar-refractivity contribution in [2.75, 3.05) is 19.0 Å². The lowest BCUT2D eigenvalue weighted by Crippen LogP contribution is -2.37. The van der Waals surface area contributed by atoms with Crippen LogP contribution in [0.4, 0.5) is 5.69 Å². The summed E-state index contributed by atoms with van der Waals surface area (Å²) in [4.78, 5) is 4.35. The Kier molecular flexibility index (Phi) is 6.69. The molecule has 7 heteroatoms. The number of nitrogens with zero attached hydrogens (tertiary/aromatic N) is 1. The van der Waals surface area contributed by atoms with Gasteiger partial charge >= 0.3 is 0 Å². The van der Waals surface area contributed by atoms with E-state index in [1.807, 2.05) is 19.1 Å². The maximum absolute atomic E-state index is 5.89. The molecule has 1 aromatic carbocycles. The zero-order valence-corrected chi connectivity index (χ0v) is 13.1. The zero-order chi connectivity index (χ0) is 13.5. The number of anilines is 1. The third-order valence-electron chi connectivity index (χ3n) is 2.08. The lowest BCUT2D eigenvalue weighted by Gasteiger charge is -2.13. The van der Waals surface area contributed by atoms with Gasteiger partial charge in [-0.1, -0.05) is 11.6 Å². The number of hydrogen-bond acceptors (Lipinski definition) is 3. The van der Waals surface area contributed by atoms with Gasteiger partial charge in [-0.3, -0.25) is 5.43 Å². The van der Waals surface area contributed by atoms with Gasteiger partial charge in [0.1, 0.15) is 0 Å². The molecule has 1 unspecified atom stereocenters. The number of aliphatic imine (C=N–C) groups is 1. The average molecular weight is 383 g/mol. The van der Waals surface area contributed by atoms with Gasteiger partial charge in [-0.15, -0.1) is 0 Å². The molecule has 100 valence electrons. The van der Waals surface area contributed by atoms with Crippen LogP contribution in [0.2, 0.25) is 5.02 Å². The number of nitrogens with two attached hydrogens (primary N) is 1. The van der Waals surface area contributed by atoms with Gasteiger partial charge in [-0.05, 0) is 47.7 Å². The lowest BCUT2D eigenvalue weighted by molar-refractivity contribution is 0.185. The standard InChI is InChI=1S/C11H16ClIN4O/c1-7(6-18-2)15-11(17-14)16-10-4-3-8(12)5-9(10)13/h3-5,7H,6,14H2,1-2H3,(H2,15,16,17). The van der Waals surface area contributed by atoms with Crippen LogP contribution in [0.15, 0.2) is 23.2 Å². The molecule has 0 saturated heterocycles. The molecule has 1 aromatic rings. The third-order valence-corrected chi connectivity index (χ3v) is 3.21. The first-order chi connectivity index (χ1) is 8.56. The molecule has 0 aliphatic heterocycles. The highest BCUT2D eigenvalue weighted by Gasteiger charge is 2.05. The van der Waals surface area contributed by atoms with Crippen LogP contribution < -0.4 is 16.6 Å². The minimum Gasteiger partial charge on any atom is -0.382 e. The van der Waals surface area contributed by atoms with Crippen LogP contribution in [0, 0.1) is 3.57 Å². The summed E-state index contributed by atoms with van der Waals surface area (Å²) in [5.74, 6) is 5.92. The fourth-order valence-electron chi connectivity index (χ4n) is 1.32. The molecule has 0 aliphatic rings. The molecule has 0 spiro atoms. The molecule has 1 atom stereocenters. The van der Waals surface area contributed by atoms with Crippen LogP contribution >= 0.6 is 34.2 Å². The van der Waals surface area contributed by atoms with Crippen molar-refractivity contribution in [1.82, 2.24) is 5.43 Å². The van der Waals surface area contributed by atoms with Gasteiger partial charge in [0.2, 0.25) is 5.96 Å². The Morgan fingerprint density at radius 2 is 2.33 bits per heavy atom. The fraction of sp³-hybridized carbons (Fsp3) is 0.364. The van der Waals surface area contributed by atoms with E-state index in [-0.39, 0.29) is 6.04 Å². The normalized spacial score (nSPS) is 13.3. The monoisotopic (exact) mass is 382 g/mol. The predicted molar refractivity (Wildman–Crippen MR) is 83.9 cm³/mol. The number of hydrazine groups is 1. The summed E-state index contributed by atoms with van der Waals surface area (Å²) in [6.45, 7) is 2.47. The van der Waals surface area contributed by atoms with E-state index in [4.69, 9.17) is 22.2 Å². The van der Waals surface area contributed by atoms with Crippen LogP contribution in [0.5, 0.6) is 0 Å². The number of guanidine groups is 1. The summed E-state index contributed by atoms with van der Waals surface area (Å²) in [5.41, 5.74) is 3.42. The second-order valence-corrected chi connectivity index (χ2v) is 5.27. The number of halogens is 2. The van der Waals surface area contributed by atoms with Crippen LogP contribution in [0.1, 0.15) is 6.92 Å². The number of benzene rings is 1. The highest BCUT2D eigenvalue weighted by Crippen LogP contribution is 2.22. The summed E-state index contributed by atoms with van der Waals surface area (Å²) in [6.07, 6.45) is 0. The molecule has 0 saturated carbocycles. The Morgan fingerprint density at radius 3 is 2.89 bits per heavy atom. The highest BCUT2D eigenvalue weighted by atomic mass is 127. The van der Waals surface area contributed by atoms with Gasteiger partial charge in [0, 0.05) is 15.7 Å². The van der Waals surface area contributed by atoms with Crippen molar-refractivity contribution >= 4 is 45.8 Å². The van der Waals surface area contributed by atoms with E-state index < -0.39 is 0 Å². The Hall–Kier alpha value is -0.570. The maximum Gasteiger partial charge on any atom is 0.210 e. The maximum atomic E-state index is 5.89. The molecule has 18 heavy (non-hydrogen) atoms. The van der Waals surface area contributed by atoms with Crippen molar-refractivity contribution in [2.45, 2.75) is 13.0 Å². The third kappa shape index (κ3) is 4.97. The summed E-state index contributed by atoms with van der Waals surface area (Å²) < 4.78 is 6.00. The Balaban J connectivity index is 2.79. The van der Waals surface area contributed by atoms with Crippen LogP contribution in [-0.2, 0) is 4.74 Å².